The number of rotatable bonds is 7. The van der Waals surface area contributed by atoms with Crippen LogP contribution in [0.1, 0.15) is 51.9 Å². The summed E-state index contributed by atoms with van der Waals surface area (Å²) in [5.74, 6) is 1.22. The number of nitrogens with zero attached hydrogens (tertiary/aromatic N) is 2. The summed E-state index contributed by atoms with van der Waals surface area (Å²) < 4.78 is 2.34. The third-order valence-electron chi connectivity index (χ3n) is 3.64. The van der Waals surface area contributed by atoms with Crippen molar-refractivity contribution in [2.75, 3.05) is 6.54 Å². The molecule has 0 aliphatic rings. The van der Waals surface area contributed by atoms with Crippen molar-refractivity contribution in [3.63, 3.8) is 0 Å². The molecule has 0 unspecified atom stereocenters. The summed E-state index contributed by atoms with van der Waals surface area (Å²) in [6.45, 7) is 6.74. The summed E-state index contributed by atoms with van der Waals surface area (Å²) in [5, 5.41) is 2.84. The number of unbranched alkanes of at least 4 members (excludes halogenated alkanes) is 2. The smallest absolute Gasteiger partial charge is 0.216 e. The van der Waals surface area contributed by atoms with Gasteiger partial charge in [0.15, 0.2) is 0 Å². The Balaban J connectivity index is 1.95. The Morgan fingerprint density at radius 2 is 2.00 bits per heavy atom. The monoisotopic (exact) mass is 287 g/mol. The van der Waals surface area contributed by atoms with Crippen molar-refractivity contribution in [3.8, 4) is 0 Å². The number of hydrogen-bond acceptors (Lipinski definition) is 2. The predicted octanol–water partition coefficient (Wildman–Crippen LogP) is 3.47. The lowest BCUT2D eigenvalue weighted by atomic mass is 10.2. The van der Waals surface area contributed by atoms with Crippen LogP contribution in [0.3, 0.4) is 0 Å². The van der Waals surface area contributed by atoms with E-state index in [2.05, 4.69) is 41.9 Å². The van der Waals surface area contributed by atoms with E-state index in [4.69, 9.17) is 4.98 Å². The van der Waals surface area contributed by atoms with E-state index in [0.717, 1.165) is 37.7 Å². The zero-order valence-corrected chi connectivity index (χ0v) is 13.2. The lowest BCUT2D eigenvalue weighted by Gasteiger charge is -2.13. The van der Waals surface area contributed by atoms with Gasteiger partial charge in [-0.2, -0.15) is 0 Å². The highest BCUT2D eigenvalue weighted by atomic mass is 16.1. The number of benzene rings is 1. The Kier molecular flexibility index (Phi) is 5.37. The molecule has 21 heavy (non-hydrogen) atoms. The molecule has 0 saturated carbocycles. The standard InChI is InChI=1S/C17H25N3O/c1-13(2)20-16-10-7-6-9-15(16)19-17(20)11-5-4-8-12-18-14(3)21/h6-7,9-10,13H,4-5,8,11-12H2,1-3H3,(H,18,21). The van der Waals surface area contributed by atoms with Gasteiger partial charge in [0.2, 0.25) is 5.91 Å². The lowest BCUT2D eigenvalue weighted by Crippen LogP contribution is -2.20. The molecule has 0 atom stereocenters. The highest BCUT2D eigenvalue weighted by molar-refractivity contribution is 5.76. The van der Waals surface area contributed by atoms with Crippen LogP contribution in [0.5, 0.6) is 0 Å². The van der Waals surface area contributed by atoms with Gasteiger partial charge >= 0.3 is 0 Å². The van der Waals surface area contributed by atoms with Gasteiger partial charge in [-0.1, -0.05) is 18.6 Å². The Morgan fingerprint density at radius 3 is 2.71 bits per heavy atom. The van der Waals surface area contributed by atoms with Crippen LogP contribution in [-0.4, -0.2) is 22.0 Å². The first-order valence-corrected chi connectivity index (χ1v) is 7.80. The first kappa shape index (κ1) is 15.5. The lowest BCUT2D eigenvalue weighted by molar-refractivity contribution is -0.118. The van der Waals surface area contributed by atoms with Crippen molar-refractivity contribution in [1.29, 1.82) is 0 Å². The molecule has 1 amide bonds. The molecule has 0 radical (unpaired) electrons. The minimum absolute atomic E-state index is 0.0524. The van der Waals surface area contributed by atoms with E-state index in [1.54, 1.807) is 6.92 Å². The molecule has 2 rings (SSSR count). The molecule has 0 saturated heterocycles. The molecule has 0 bridgehead atoms. The third-order valence-corrected chi connectivity index (χ3v) is 3.64. The van der Waals surface area contributed by atoms with Crippen molar-refractivity contribution >= 4 is 16.9 Å². The van der Waals surface area contributed by atoms with Crippen LogP contribution in [-0.2, 0) is 11.2 Å². The summed E-state index contributed by atoms with van der Waals surface area (Å²) >= 11 is 0. The normalized spacial score (nSPS) is 11.2. The highest BCUT2D eigenvalue weighted by Crippen LogP contribution is 2.22. The average Bonchev–Trinajstić information content (AvgIpc) is 2.80. The molecule has 2 aromatic rings. The Hall–Kier alpha value is -1.84. The van der Waals surface area contributed by atoms with E-state index in [-0.39, 0.29) is 5.91 Å². The molecule has 4 nitrogen and oxygen atoms in total. The molecule has 114 valence electrons. The van der Waals surface area contributed by atoms with E-state index in [9.17, 15) is 4.79 Å². The summed E-state index contributed by atoms with van der Waals surface area (Å²) in [4.78, 5) is 15.6. The molecule has 0 fully saturated rings. The number of amides is 1. The van der Waals surface area contributed by atoms with E-state index < -0.39 is 0 Å². The minimum atomic E-state index is 0.0524. The van der Waals surface area contributed by atoms with Gasteiger partial charge in [-0.05, 0) is 38.8 Å². The zero-order valence-electron chi connectivity index (χ0n) is 13.2. The second-order valence-corrected chi connectivity index (χ2v) is 5.77. The third kappa shape index (κ3) is 4.06. The number of nitrogens with one attached hydrogen (secondary N) is 1. The van der Waals surface area contributed by atoms with Crippen LogP contribution in [0.25, 0.3) is 11.0 Å². The van der Waals surface area contributed by atoms with Gasteiger partial charge in [0.25, 0.3) is 0 Å². The van der Waals surface area contributed by atoms with Crippen molar-refractivity contribution in [1.82, 2.24) is 14.9 Å². The number of aryl methyl sites for hydroxylation is 1. The maximum Gasteiger partial charge on any atom is 0.216 e. The molecular weight excluding hydrogens is 262 g/mol. The summed E-state index contributed by atoms with van der Waals surface area (Å²) in [7, 11) is 0. The van der Waals surface area contributed by atoms with Gasteiger partial charge in [0.1, 0.15) is 5.82 Å². The summed E-state index contributed by atoms with van der Waals surface area (Å²) in [6, 6.07) is 8.75. The van der Waals surface area contributed by atoms with Crippen LogP contribution in [0.2, 0.25) is 0 Å². The Bertz CT molecular complexity index is 601. The number of carbonyl (C=O) groups is 1. The second-order valence-electron chi connectivity index (χ2n) is 5.77. The average molecular weight is 287 g/mol. The topological polar surface area (TPSA) is 46.9 Å². The quantitative estimate of drug-likeness (QED) is 0.793. The number of fused-ring (bicyclic) bond motifs is 1. The van der Waals surface area contributed by atoms with Crippen molar-refractivity contribution < 1.29 is 4.79 Å². The molecule has 0 spiro atoms. The van der Waals surface area contributed by atoms with Gasteiger partial charge in [-0.15, -0.1) is 0 Å². The predicted molar refractivity (Wildman–Crippen MR) is 86.4 cm³/mol. The number of imidazole rings is 1. The van der Waals surface area contributed by atoms with Crippen LogP contribution >= 0.6 is 0 Å². The molecule has 4 heteroatoms. The largest absolute Gasteiger partial charge is 0.356 e. The Labute approximate surface area is 126 Å². The highest BCUT2D eigenvalue weighted by Gasteiger charge is 2.12. The van der Waals surface area contributed by atoms with Crippen LogP contribution in [0.15, 0.2) is 24.3 Å². The molecule has 1 heterocycles. The maximum absolute atomic E-state index is 10.8. The molecular formula is C17H25N3O. The summed E-state index contributed by atoms with van der Waals surface area (Å²) in [5.41, 5.74) is 2.31. The van der Waals surface area contributed by atoms with Gasteiger partial charge in [-0.25, -0.2) is 4.98 Å². The van der Waals surface area contributed by atoms with Crippen LogP contribution < -0.4 is 5.32 Å². The Morgan fingerprint density at radius 1 is 1.24 bits per heavy atom. The molecule has 1 aromatic carbocycles. The fourth-order valence-corrected chi connectivity index (χ4v) is 2.70. The zero-order chi connectivity index (χ0) is 15.2. The maximum atomic E-state index is 10.8. The van der Waals surface area contributed by atoms with Crippen LogP contribution in [0, 0.1) is 0 Å². The van der Waals surface area contributed by atoms with Crippen molar-refractivity contribution in [3.05, 3.63) is 30.1 Å². The first-order chi connectivity index (χ1) is 10.1. The fraction of sp³-hybridized carbons (Fsp3) is 0.529. The van der Waals surface area contributed by atoms with E-state index in [0.29, 0.717) is 6.04 Å². The van der Waals surface area contributed by atoms with E-state index in [1.165, 1.54) is 11.3 Å². The van der Waals surface area contributed by atoms with Gasteiger partial charge in [-0.3, -0.25) is 4.79 Å². The van der Waals surface area contributed by atoms with Gasteiger partial charge < -0.3 is 9.88 Å². The van der Waals surface area contributed by atoms with E-state index in [1.807, 2.05) is 6.07 Å². The minimum Gasteiger partial charge on any atom is -0.356 e. The van der Waals surface area contributed by atoms with Crippen molar-refractivity contribution in [2.45, 2.75) is 52.5 Å². The number of para-hydroxylation sites is 2. The molecule has 0 aliphatic heterocycles. The SMILES string of the molecule is CC(=O)NCCCCCc1nc2ccccc2n1C(C)C. The fourth-order valence-electron chi connectivity index (χ4n) is 2.70. The van der Waals surface area contributed by atoms with E-state index >= 15 is 0 Å². The number of aromatic nitrogens is 2. The molecule has 1 N–H and O–H groups in total. The number of hydrogen-bond donors (Lipinski definition) is 1. The van der Waals surface area contributed by atoms with Crippen LogP contribution in [0.4, 0.5) is 0 Å². The van der Waals surface area contributed by atoms with Gasteiger partial charge in [0, 0.05) is 25.9 Å². The first-order valence-electron chi connectivity index (χ1n) is 7.80. The second kappa shape index (κ2) is 7.25. The summed E-state index contributed by atoms with van der Waals surface area (Å²) in [6.07, 6.45) is 4.24. The van der Waals surface area contributed by atoms with Gasteiger partial charge in [0.05, 0.1) is 11.0 Å². The van der Waals surface area contributed by atoms with Crippen molar-refractivity contribution in [2.24, 2.45) is 0 Å². The number of carbonyl (C=O) groups excluding carboxylic acids is 1. The molecule has 1 aromatic heterocycles. The molecule has 0 aliphatic carbocycles.